The number of rotatable bonds is 8. The Bertz CT molecular complexity index is 819. The molecule has 140 valence electrons. The number of benzene rings is 2. The molecule has 0 aromatic heterocycles. The number of urea groups is 1. The van der Waals surface area contributed by atoms with Crippen LogP contribution in [0.3, 0.4) is 0 Å². The van der Waals surface area contributed by atoms with Crippen LogP contribution in [0.5, 0.6) is 5.75 Å². The van der Waals surface area contributed by atoms with E-state index in [0.717, 1.165) is 16.9 Å². The van der Waals surface area contributed by atoms with Crippen molar-refractivity contribution in [2.24, 2.45) is 5.14 Å². The van der Waals surface area contributed by atoms with Gasteiger partial charge < -0.3 is 15.4 Å². The van der Waals surface area contributed by atoms with Gasteiger partial charge in [0.25, 0.3) is 0 Å². The summed E-state index contributed by atoms with van der Waals surface area (Å²) in [6, 6.07) is 13.7. The fourth-order valence-corrected chi connectivity index (χ4v) is 2.71. The number of ether oxygens (including phenoxy) is 1. The van der Waals surface area contributed by atoms with Crippen molar-refractivity contribution in [1.29, 1.82) is 0 Å². The third-order valence-corrected chi connectivity index (χ3v) is 4.56. The van der Waals surface area contributed by atoms with Crippen molar-refractivity contribution < 1.29 is 17.9 Å². The van der Waals surface area contributed by atoms with Gasteiger partial charge in [-0.3, -0.25) is 0 Å². The SMILES string of the molecule is Cc1ccc(OCCNC(=O)NCCc2ccc(S(N)(=O)=O)cc2)cc1. The van der Waals surface area contributed by atoms with Gasteiger partial charge >= 0.3 is 6.03 Å². The summed E-state index contributed by atoms with van der Waals surface area (Å²) in [4.78, 5) is 11.8. The van der Waals surface area contributed by atoms with Gasteiger partial charge in [-0.25, -0.2) is 18.4 Å². The zero-order chi connectivity index (χ0) is 19.0. The van der Waals surface area contributed by atoms with Gasteiger partial charge in [0.15, 0.2) is 0 Å². The number of amides is 2. The van der Waals surface area contributed by atoms with Crippen LogP contribution in [0.4, 0.5) is 4.79 Å². The molecule has 2 aromatic rings. The molecule has 0 saturated carbocycles. The lowest BCUT2D eigenvalue weighted by Gasteiger charge is -2.09. The summed E-state index contributed by atoms with van der Waals surface area (Å²) in [5, 5.41) is 10.5. The minimum absolute atomic E-state index is 0.0699. The minimum atomic E-state index is -3.68. The van der Waals surface area contributed by atoms with Crippen LogP contribution < -0.4 is 20.5 Å². The molecular weight excluding hydrogens is 354 g/mol. The molecule has 0 saturated heterocycles. The van der Waals surface area contributed by atoms with Crippen molar-refractivity contribution in [3.8, 4) is 5.75 Å². The summed E-state index contributed by atoms with van der Waals surface area (Å²) < 4.78 is 27.9. The Kier molecular flexibility index (Phi) is 6.99. The van der Waals surface area contributed by atoms with Crippen LogP contribution >= 0.6 is 0 Å². The molecule has 2 aromatic carbocycles. The normalized spacial score (nSPS) is 11.0. The van der Waals surface area contributed by atoms with Crippen LogP contribution in [0.2, 0.25) is 0 Å². The summed E-state index contributed by atoms with van der Waals surface area (Å²) in [7, 11) is -3.68. The third kappa shape index (κ3) is 6.73. The number of hydrogen-bond donors (Lipinski definition) is 3. The second kappa shape index (κ2) is 9.21. The van der Waals surface area contributed by atoms with Crippen molar-refractivity contribution in [3.05, 3.63) is 59.7 Å². The van der Waals surface area contributed by atoms with Crippen molar-refractivity contribution in [1.82, 2.24) is 10.6 Å². The Hall–Kier alpha value is -2.58. The first kappa shape index (κ1) is 19.7. The van der Waals surface area contributed by atoms with Gasteiger partial charge in [-0.1, -0.05) is 29.8 Å². The lowest BCUT2D eigenvalue weighted by Crippen LogP contribution is -2.38. The lowest BCUT2D eigenvalue weighted by atomic mass is 10.1. The second-order valence-corrected chi connectivity index (χ2v) is 7.34. The van der Waals surface area contributed by atoms with Crippen molar-refractivity contribution >= 4 is 16.1 Å². The molecule has 0 bridgehead atoms. The molecule has 0 atom stereocenters. The first-order valence-corrected chi connectivity index (χ1v) is 9.72. The molecule has 7 nitrogen and oxygen atoms in total. The summed E-state index contributed by atoms with van der Waals surface area (Å²) in [6.07, 6.45) is 0.582. The molecule has 4 N–H and O–H groups in total. The summed E-state index contributed by atoms with van der Waals surface area (Å²) in [5.41, 5.74) is 2.06. The van der Waals surface area contributed by atoms with Gasteiger partial charge in [0.2, 0.25) is 10.0 Å². The van der Waals surface area contributed by atoms with Gasteiger partial charge in [-0.15, -0.1) is 0 Å². The predicted octanol–water partition coefficient (Wildman–Crippen LogP) is 1.56. The van der Waals surface area contributed by atoms with E-state index in [1.165, 1.54) is 12.1 Å². The molecule has 26 heavy (non-hydrogen) atoms. The first-order valence-electron chi connectivity index (χ1n) is 8.17. The smallest absolute Gasteiger partial charge is 0.314 e. The van der Waals surface area contributed by atoms with Crippen LogP contribution in [0.1, 0.15) is 11.1 Å². The number of primary sulfonamides is 1. The summed E-state index contributed by atoms with van der Waals surface area (Å²) >= 11 is 0. The molecule has 0 fully saturated rings. The number of carbonyl (C=O) groups is 1. The lowest BCUT2D eigenvalue weighted by molar-refractivity contribution is 0.236. The topological polar surface area (TPSA) is 111 Å². The maximum atomic E-state index is 11.7. The highest BCUT2D eigenvalue weighted by Crippen LogP contribution is 2.11. The van der Waals surface area contributed by atoms with Gasteiger partial charge in [-0.2, -0.15) is 0 Å². The van der Waals surface area contributed by atoms with Gasteiger partial charge in [0.05, 0.1) is 11.4 Å². The largest absolute Gasteiger partial charge is 0.492 e. The van der Waals surface area contributed by atoms with Crippen LogP contribution in [0, 0.1) is 6.92 Å². The van der Waals surface area contributed by atoms with E-state index in [9.17, 15) is 13.2 Å². The molecule has 0 aliphatic heterocycles. The van der Waals surface area contributed by atoms with Gasteiger partial charge in [-0.05, 0) is 43.2 Å². The van der Waals surface area contributed by atoms with Crippen molar-refractivity contribution in [2.75, 3.05) is 19.7 Å². The van der Waals surface area contributed by atoms with E-state index >= 15 is 0 Å². The number of nitrogens with one attached hydrogen (secondary N) is 2. The fraction of sp³-hybridized carbons (Fsp3) is 0.278. The van der Waals surface area contributed by atoms with E-state index in [0.29, 0.717) is 26.1 Å². The van der Waals surface area contributed by atoms with Crippen molar-refractivity contribution in [3.63, 3.8) is 0 Å². The molecular formula is C18H23N3O4S. The standard InChI is InChI=1S/C18H23N3O4S/c1-14-2-6-16(7-3-14)25-13-12-21-18(22)20-11-10-15-4-8-17(9-5-15)26(19,23)24/h2-9H,10-13H2,1H3,(H2,19,23,24)(H2,20,21,22). The third-order valence-electron chi connectivity index (χ3n) is 3.63. The monoisotopic (exact) mass is 377 g/mol. The highest BCUT2D eigenvalue weighted by atomic mass is 32.2. The Morgan fingerprint density at radius 2 is 1.62 bits per heavy atom. The van der Waals surface area contributed by atoms with Crippen molar-refractivity contribution in [2.45, 2.75) is 18.2 Å². The van der Waals surface area contributed by atoms with E-state index < -0.39 is 10.0 Å². The average molecular weight is 377 g/mol. The number of carbonyl (C=O) groups excluding carboxylic acids is 1. The molecule has 0 aliphatic carbocycles. The maximum Gasteiger partial charge on any atom is 0.314 e. The summed E-state index contributed by atoms with van der Waals surface area (Å²) in [5.74, 6) is 0.765. The van der Waals surface area contributed by atoms with Gasteiger partial charge in [0, 0.05) is 6.54 Å². The quantitative estimate of drug-likeness (QED) is 0.606. The fourth-order valence-electron chi connectivity index (χ4n) is 2.20. The van der Waals surface area contributed by atoms with E-state index in [-0.39, 0.29) is 10.9 Å². The minimum Gasteiger partial charge on any atom is -0.492 e. The average Bonchev–Trinajstić information content (AvgIpc) is 2.60. The number of aryl methyl sites for hydroxylation is 1. The Morgan fingerprint density at radius 1 is 1.00 bits per heavy atom. The highest BCUT2D eigenvalue weighted by molar-refractivity contribution is 7.89. The van der Waals surface area contributed by atoms with Crippen LogP contribution in [-0.4, -0.2) is 34.1 Å². The zero-order valence-electron chi connectivity index (χ0n) is 14.6. The molecule has 2 rings (SSSR count). The summed E-state index contributed by atoms with van der Waals surface area (Å²) in [6.45, 7) is 3.21. The molecule has 0 aliphatic rings. The highest BCUT2D eigenvalue weighted by Gasteiger charge is 2.06. The number of nitrogens with two attached hydrogens (primary N) is 1. The Morgan fingerprint density at radius 3 is 2.23 bits per heavy atom. The van der Waals surface area contributed by atoms with E-state index in [1.54, 1.807) is 12.1 Å². The first-order chi connectivity index (χ1) is 12.3. The molecule has 8 heteroatoms. The zero-order valence-corrected chi connectivity index (χ0v) is 15.4. The molecule has 0 unspecified atom stereocenters. The van der Waals surface area contributed by atoms with E-state index in [1.807, 2.05) is 31.2 Å². The van der Waals surface area contributed by atoms with E-state index in [4.69, 9.17) is 9.88 Å². The molecule has 0 spiro atoms. The predicted molar refractivity (Wildman–Crippen MR) is 99.6 cm³/mol. The molecule has 2 amide bonds. The van der Waals surface area contributed by atoms with Crippen LogP contribution in [-0.2, 0) is 16.4 Å². The van der Waals surface area contributed by atoms with Crippen LogP contribution in [0.25, 0.3) is 0 Å². The number of hydrogen-bond acceptors (Lipinski definition) is 4. The second-order valence-electron chi connectivity index (χ2n) is 5.78. The van der Waals surface area contributed by atoms with Crippen LogP contribution in [0.15, 0.2) is 53.4 Å². The maximum absolute atomic E-state index is 11.7. The Balaban J connectivity index is 1.62. The molecule has 0 radical (unpaired) electrons. The number of sulfonamides is 1. The Labute approximate surface area is 153 Å². The van der Waals surface area contributed by atoms with E-state index in [2.05, 4.69) is 10.6 Å². The molecule has 0 heterocycles. The van der Waals surface area contributed by atoms with Gasteiger partial charge in [0.1, 0.15) is 12.4 Å².